The van der Waals surface area contributed by atoms with Gasteiger partial charge < -0.3 is 5.11 Å². The van der Waals surface area contributed by atoms with Gasteiger partial charge in [-0.25, -0.2) is 0 Å². The summed E-state index contributed by atoms with van der Waals surface area (Å²) in [6, 6.07) is 3.49. The average molecular weight is 138 g/mol. The van der Waals surface area contributed by atoms with Crippen molar-refractivity contribution in [3.63, 3.8) is 0 Å². The smallest absolute Gasteiger partial charge is 0.427 e. The summed E-state index contributed by atoms with van der Waals surface area (Å²) in [5, 5.41) is 8.44. The van der Waals surface area contributed by atoms with Gasteiger partial charge in [0.25, 0.3) is 0 Å². The standard InChI is InChI=1S/C7H7NO2/c1-6-2-4-8(5-3-6)7(9)10/h2-5H,1H3/p+1. The van der Waals surface area contributed by atoms with Crippen LogP contribution in [0, 0.1) is 6.92 Å². The normalized spacial score (nSPS) is 9.30. The monoisotopic (exact) mass is 138 g/mol. The van der Waals surface area contributed by atoms with E-state index in [1.165, 1.54) is 12.4 Å². The zero-order valence-electron chi connectivity index (χ0n) is 5.61. The van der Waals surface area contributed by atoms with Gasteiger partial charge in [0.2, 0.25) is 0 Å². The molecule has 1 aromatic rings. The quantitative estimate of drug-likeness (QED) is 0.539. The SMILES string of the molecule is Cc1cc[n+](C(=O)O)cc1. The van der Waals surface area contributed by atoms with Gasteiger partial charge in [-0.2, -0.15) is 4.79 Å². The van der Waals surface area contributed by atoms with Crippen molar-refractivity contribution in [1.29, 1.82) is 0 Å². The summed E-state index contributed by atoms with van der Waals surface area (Å²) in [6.07, 6.45) is 2.06. The Kier molecular flexibility index (Phi) is 1.67. The zero-order chi connectivity index (χ0) is 7.56. The van der Waals surface area contributed by atoms with Crippen LogP contribution in [-0.2, 0) is 0 Å². The number of hydrogen-bond donors (Lipinski definition) is 1. The van der Waals surface area contributed by atoms with Crippen molar-refractivity contribution in [2.75, 3.05) is 0 Å². The lowest BCUT2D eigenvalue weighted by atomic mass is 10.3. The first-order valence-corrected chi connectivity index (χ1v) is 2.91. The van der Waals surface area contributed by atoms with Gasteiger partial charge in [0, 0.05) is 12.1 Å². The molecule has 1 aromatic heterocycles. The Morgan fingerprint density at radius 3 is 2.40 bits per heavy atom. The third-order valence-electron chi connectivity index (χ3n) is 1.22. The van der Waals surface area contributed by atoms with Crippen LogP contribution < -0.4 is 4.57 Å². The van der Waals surface area contributed by atoms with Gasteiger partial charge in [0.15, 0.2) is 12.4 Å². The van der Waals surface area contributed by atoms with Crippen LogP contribution in [0.1, 0.15) is 5.56 Å². The van der Waals surface area contributed by atoms with Crippen molar-refractivity contribution < 1.29 is 14.5 Å². The van der Waals surface area contributed by atoms with Crippen molar-refractivity contribution in [3.8, 4) is 0 Å². The molecule has 0 fully saturated rings. The zero-order valence-corrected chi connectivity index (χ0v) is 5.61. The Morgan fingerprint density at radius 1 is 1.50 bits per heavy atom. The lowest BCUT2D eigenvalue weighted by molar-refractivity contribution is -0.584. The van der Waals surface area contributed by atoms with E-state index in [9.17, 15) is 4.79 Å². The second-order valence-electron chi connectivity index (χ2n) is 2.07. The lowest BCUT2D eigenvalue weighted by Gasteiger charge is -1.86. The van der Waals surface area contributed by atoms with Gasteiger partial charge in [-0.15, -0.1) is 0 Å². The highest BCUT2D eigenvalue weighted by molar-refractivity contribution is 5.53. The Bertz CT molecular complexity index is 240. The van der Waals surface area contributed by atoms with Crippen molar-refractivity contribution in [1.82, 2.24) is 0 Å². The molecule has 0 aliphatic heterocycles. The highest BCUT2D eigenvalue weighted by atomic mass is 16.4. The van der Waals surface area contributed by atoms with E-state index < -0.39 is 6.09 Å². The maximum absolute atomic E-state index is 10.3. The summed E-state index contributed by atoms with van der Waals surface area (Å²) >= 11 is 0. The highest BCUT2D eigenvalue weighted by Gasteiger charge is 2.07. The second kappa shape index (κ2) is 2.47. The van der Waals surface area contributed by atoms with Crippen LogP contribution in [0.2, 0.25) is 0 Å². The fraction of sp³-hybridized carbons (Fsp3) is 0.143. The van der Waals surface area contributed by atoms with Crippen molar-refractivity contribution >= 4 is 6.09 Å². The molecule has 10 heavy (non-hydrogen) atoms. The molecule has 0 unspecified atom stereocenters. The van der Waals surface area contributed by atoms with E-state index in [0.29, 0.717) is 0 Å². The molecular formula is C7H8NO2+. The van der Waals surface area contributed by atoms with Crippen LogP contribution in [0.4, 0.5) is 4.79 Å². The van der Waals surface area contributed by atoms with Crippen molar-refractivity contribution in [2.24, 2.45) is 0 Å². The van der Waals surface area contributed by atoms with E-state index in [0.717, 1.165) is 10.1 Å². The van der Waals surface area contributed by atoms with Crippen LogP contribution in [0.5, 0.6) is 0 Å². The molecular weight excluding hydrogens is 130 g/mol. The molecule has 52 valence electrons. The first kappa shape index (κ1) is 6.74. The van der Waals surface area contributed by atoms with E-state index in [-0.39, 0.29) is 0 Å². The van der Waals surface area contributed by atoms with E-state index in [1.54, 1.807) is 12.1 Å². The summed E-state index contributed by atoms with van der Waals surface area (Å²) in [5.41, 5.74) is 1.05. The minimum Gasteiger partial charge on any atom is -0.427 e. The predicted octanol–water partition coefficient (Wildman–Crippen LogP) is 0.809. The Balaban J connectivity index is 3.00. The van der Waals surface area contributed by atoms with Crippen molar-refractivity contribution in [2.45, 2.75) is 6.92 Å². The molecule has 0 amide bonds. The van der Waals surface area contributed by atoms with Gasteiger partial charge in [-0.05, 0) is 12.5 Å². The number of aryl methyl sites for hydroxylation is 1. The molecule has 0 atom stereocenters. The first-order valence-electron chi connectivity index (χ1n) is 2.91. The molecule has 0 saturated heterocycles. The van der Waals surface area contributed by atoms with E-state index in [1.807, 2.05) is 6.92 Å². The average Bonchev–Trinajstić information content (AvgIpc) is 1.88. The number of carboxylic acid groups (broad SMARTS) is 1. The molecule has 0 bridgehead atoms. The van der Waals surface area contributed by atoms with Gasteiger partial charge in [-0.1, -0.05) is 4.57 Å². The molecule has 3 nitrogen and oxygen atoms in total. The molecule has 0 aliphatic carbocycles. The number of carbonyl (C=O) groups is 1. The van der Waals surface area contributed by atoms with E-state index >= 15 is 0 Å². The van der Waals surface area contributed by atoms with Gasteiger partial charge in [0.1, 0.15) is 0 Å². The molecule has 3 heteroatoms. The topological polar surface area (TPSA) is 41.2 Å². The maximum atomic E-state index is 10.3. The van der Waals surface area contributed by atoms with E-state index in [4.69, 9.17) is 5.11 Å². The van der Waals surface area contributed by atoms with Gasteiger partial charge >= 0.3 is 6.09 Å². The Hall–Kier alpha value is -1.38. The van der Waals surface area contributed by atoms with Crippen LogP contribution >= 0.6 is 0 Å². The molecule has 1 rings (SSSR count). The summed E-state index contributed by atoms with van der Waals surface area (Å²) < 4.78 is 1.10. The largest absolute Gasteiger partial charge is 0.599 e. The van der Waals surface area contributed by atoms with Crippen molar-refractivity contribution in [3.05, 3.63) is 30.1 Å². The minimum atomic E-state index is -0.958. The molecule has 0 aliphatic rings. The first-order chi connectivity index (χ1) is 4.70. The predicted molar refractivity (Wildman–Crippen MR) is 34.8 cm³/mol. The number of rotatable bonds is 0. The summed E-state index contributed by atoms with van der Waals surface area (Å²) in [4.78, 5) is 10.3. The summed E-state index contributed by atoms with van der Waals surface area (Å²) in [5.74, 6) is 0. The van der Waals surface area contributed by atoms with E-state index in [2.05, 4.69) is 0 Å². The molecule has 0 radical (unpaired) electrons. The van der Waals surface area contributed by atoms with Gasteiger partial charge in [0.05, 0.1) is 0 Å². The molecule has 1 heterocycles. The number of nitrogens with zero attached hydrogens (tertiary/aromatic N) is 1. The van der Waals surface area contributed by atoms with Crippen LogP contribution in [0.15, 0.2) is 24.5 Å². The fourth-order valence-corrected chi connectivity index (χ4v) is 0.629. The number of hydrogen-bond acceptors (Lipinski definition) is 1. The fourth-order valence-electron chi connectivity index (χ4n) is 0.629. The molecule has 1 N–H and O–H groups in total. The molecule has 0 aromatic carbocycles. The van der Waals surface area contributed by atoms with Gasteiger partial charge in [-0.3, -0.25) is 0 Å². The second-order valence-corrected chi connectivity index (χ2v) is 2.07. The maximum Gasteiger partial charge on any atom is 0.599 e. The third-order valence-corrected chi connectivity index (χ3v) is 1.22. The summed E-state index contributed by atoms with van der Waals surface area (Å²) in [7, 11) is 0. The number of pyridine rings is 1. The third kappa shape index (κ3) is 1.31. The van der Waals surface area contributed by atoms with Crippen LogP contribution in [0.25, 0.3) is 0 Å². The van der Waals surface area contributed by atoms with Crippen LogP contribution in [0.3, 0.4) is 0 Å². The summed E-state index contributed by atoms with van der Waals surface area (Å²) in [6.45, 7) is 1.91. The lowest BCUT2D eigenvalue weighted by Crippen LogP contribution is -2.40. The Morgan fingerprint density at radius 2 is 2.00 bits per heavy atom. The molecule has 0 saturated carbocycles. The Labute approximate surface area is 58.5 Å². The highest BCUT2D eigenvalue weighted by Crippen LogP contribution is 1.88. The minimum absolute atomic E-state index is 0.958. The number of aromatic nitrogens is 1. The molecule has 0 spiro atoms. The van der Waals surface area contributed by atoms with Crippen LogP contribution in [-0.4, -0.2) is 11.2 Å².